The second-order valence-corrected chi connectivity index (χ2v) is 20.0. The van der Waals surface area contributed by atoms with Crippen molar-refractivity contribution in [3.63, 3.8) is 0 Å². The number of hydrogen-bond donors (Lipinski definition) is 0. The molecule has 0 spiro atoms. The third-order valence-corrected chi connectivity index (χ3v) is 15.8. The van der Waals surface area contributed by atoms with Crippen molar-refractivity contribution in [2.75, 3.05) is 0 Å². The largest absolute Gasteiger partial charge is 0.274 e. The topological polar surface area (TPSA) is 39.1 Å². The first kappa shape index (κ1) is 37.2. The van der Waals surface area contributed by atoms with Gasteiger partial charge in [0.25, 0.3) is 11.1 Å². The van der Waals surface area contributed by atoms with Crippen LogP contribution in [0.2, 0.25) is 0 Å². The lowest BCUT2D eigenvalue weighted by Crippen LogP contribution is -2.35. The maximum absolute atomic E-state index is 14.6. The highest BCUT2D eigenvalue weighted by Gasteiger charge is 2.25. The van der Waals surface area contributed by atoms with E-state index in [4.69, 9.17) is 0 Å². The third-order valence-electron chi connectivity index (χ3n) is 9.56. The van der Waals surface area contributed by atoms with Gasteiger partial charge in [0, 0.05) is 26.1 Å². The van der Waals surface area contributed by atoms with Gasteiger partial charge in [-0.05, 0) is 99.4 Å². The van der Waals surface area contributed by atoms with Gasteiger partial charge in [0.15, 0.2) is 0 Å². The molecule has 47 heavy (non-hydrogen) atoms. The van der Waals surface area contributed by atoms with Gasteiger partial charge in [0.05, 0.1) is 27.7 Å². The van der Waals surface area contributed by atoms with Gasteiger partial charge in [-0.1, -0.05) is 91.4 Å². The average molecular weight is 838 g/mol. The molecule has 0 aliphatic heterocycles. The molecule has 0 amide bonds. The molecule has 0 aromatic carbocycles. The molecule has 3 nitrogen and oxygen atoms in total. The van der Waals surface area contributed by atoms with Crippen molar-refractivity contribution in [2.45, 2.75) is 118 Å². The maximum Gasteiger partial charge on any atom is 0.262 e. The molecule has 0 N–H and O–H groups in total. The Balaban J connectivity index is 1.66. The van der Waals surface area contributed by atoms with E-state index in [2.05, 4.69) is 90.7 Å². The Hall–Kier alpha value is -1.10. The Bertz CT molecular complexity index is 1810. The molecule has 254 valence electrons. The molecule has 5 heterocycles. The van der Waals surface area contributed by atoms with Crippen molar-refractivity contribution in [1.29, 1.82) is 0 Å². The highest BCUT2D eigenvalue weighted by molar-refractivity contribution is 9.11. The lowest BCUT2D eigenvalue weighted by atomic mass is 9.82. The highest BCUT2D eigenvalue weighted by atomic mass is 79.9. The van der Waals surface area contributed by atoms with Gasteiger partial charge in [0.2, 0.25) is 0 Å². The van der Waals surface area contributed by atoms with Crippen LogP contribution in [-0.4, -0.2) is 4.57 Å². The zero-order valence-corrected chi connectivity index (χ0v) is 34.7. The molecular formula is C38H47Br2NO2S4. The zero-order valence-electron chi connectivity index (χ0n) is 28.3. The summed E-state index contributed by atoms with van der Waals surface area (Å²) in [4.78, 5) is 33.8. The summed E-state index contributed by atoms with van der Waals surface area (Å²) in [5, 5.41) is 1.35. The van der Waals surface area contributed by atoms with E-state index in [1.807, 2.05) is 0 Å². The minimum Gasteiger partial charge on any atom is -0.274 e. The van der Waals surface area contributed by atoms with Crippen LogP contribution in [0, 0.1) is 25.7 Å². The molecular weight excluding hydrogens is 790 g/mol. The number of aromatic nitrogens is 1. The number of thiophene rings is 4. The summed E-state index contributed by atoms with van der Waals surface area (Å²) in [6.07, 6.45) is 14.5. The summed E-state index contributed by atoms with van der Waals surface area (Å²) in [5.74, 6) is 0.817. The molecule has 2 unspecified atom stereocenters. The normalized spacial score (nSPS) is 13.3. The van der Waals surface area contributed by atoms with Gasteiger partial charge in [0.1, 0.15) is 0 Å². The molecule has 0 saturated heterocycles. The number of nitrogens with zero attached hydrogens (tertiary/aromatic N) is 1. The van der Waals surface area contributed by atoms with E-state index in [1.165, 1.54) is 78.7 Å². The Morgan fingerprint density at radius 2 is 1.06 bits per heavy atom. The van der Waals surface area contributed by atoms with Gasteiger partial charge in [-0.15, -0.1) is 45.3 Å². The number of halogens is 2. The monoisotopic (exact) mass is 835 g/mol. The van der Waals surface area contributed by atoms with E-state index < -0.39 is 0 Å². The predicted octanol–water partition coefficient (Wildman–Crippen LogP) is 14.2. The fourth-order valence-electron chi connectivity index (χ4n) is 6.91. The van der Waals surface area contributed by atoms with Crippen molar-refractivity contribution >= 4 is 97.4 Å². The number of aryl methyl sites for hydroxylation is 2. The van der Waals surface area contributed by atoms with Crippen LogP contribution in [0.5, 0.6) is 0 Å². The predicted molar refractivity (Wildman–Crippen MR) is 219 cm³/mol. The quantitative estimate of drug-likeness (QED) is 0.0875. The van der Waals surface area contributed by atoms with Gasteiger partial charge in [-0.25, -0.2) is 0 Å². The molecule has 5 aromatic rings. The van der Waals surface area contributed by atoms with Crippen LogP contribution in [0.1, 0.15) is 109 Å². The Morgan fingerprint density at radius 3 is 1.49 bits per heavy atom. The van der Waals surface area contributed by atoms with Crippen molar-refractivity contribution < 1.29 is 0 Å². The average Bonchev–Trinajstić information content (AvgIpc) is 3.82. The first-order chi connectivity index (χ1) is 22.7. The van der Waals surface area contributed by atoms with Crippen LogP contribution in [0.4, 0.5) is 0 Å². The van der Waals surface area contributed by atoms with Crippen LogP contribution in [-0.2, 0) is 6.54 Å². The molecule has 9 heteroatoms. The van der Waals surface area contributed by atoms with Gasteiger partial charge < -0.3 is 0 Å². The van der Waals surface area contributed by atoms with Gasteiger partial charge in [-0.3, -0.25) is 14.2 Å². The summed E-state index contributed by atoms with van der Waals surface area (Å²) in [7, 11) is 0. The Labute approximate surface area is 312 Å². The number of fused-ring (bicyclic) bond motifs is 3. The minimum atomic E-state index is -0.128. The van der Waals surface area contributed by atoms with Crippen LogP contribution in [0.3, 0.4) is 0 Å². The first-order valence-electron chi connectivity index (χ1n) is 17.3. The third kappa shape index (κ3) is 8.62. The van der Waals surface area contributed by atoms with Gasteiger partial charge >= 0.3 is 0 Å². The van der Waals surface area contributed by atoms with E-state index in [-0.39, 0.29) is 11.1 Å². The molecule has 2 atom stereocenters. The smallest absolute Gasteiger partial charge is 0.262 e. The van der Waals surface area contributed by atoms with Gasteiger partial charge in [-0.2, -0.15) is 0 Å². The summed E-state index contributed by atoms with van der Waals surface area (Å²) >= 11 is 14.1. The summed E-state index contributed by atoms with van der Waals surface area (Å²) in [5.41, 5.74) is 2.14. The number of rotatable bonds is 17. The molecule has 0 saturated carbocycles. The fraction of sp³-hybridized carbons (Fsp3) is 0.526. The second kappa shape index (κ2) is 17.2. The summed E-state index contributed by atoms with van der Waals surface area (Å²) in [6, 6.07) is 8.42. The molecule has 0 bridgehead atoms. The number of unbranched alkanes of at least 4 members (excludes halogenated alkanes) is 7. The second-order valence-electron chi connectivity index (χ2n) is 13.0. The van der Waals surface area contributed by atoms with Crippen LogP contribution >= 0.6 is 77.2 Å². The van der Waals surface area contributed by atoms with E-state index >= 15 is 0 Å². The number of hydrogen-bond acceptors (Lipinski definition) is 6. The lowest BCUT2D eigenvalue weighted by molar-refractivity contribution is 0.238. The summed E-state index contributed by atoms with van der Waals surface area (Å²) in [6.45, 7) is 11.6. The maximum atomic E-state index is 14.6. The fourth-order valence-corrected chi connectivity index (χ4v) is 13.2. The Morgan fingerprint density at radius 1 is 0.617 bits per heavy atom. The molecule has 0 fully saturated rings. The van der Waals surface area contributed by atoms with Crippen molar-refractivity contribution in [2.24, 2.45) is 11.8 Å². The van der Waals surface area contributed by atoms with E-state index in [1.54, 1.807) is 49.9 Å². The minimum absolute atomic E-state index is 0.128. The molecule has 0 aliphatic rings. The van der Waals surface area contributed by atoms with Crippen molar-refractivity contribution in [3.8, 4) is 19.5 Å². The van der Waals surface area contributed by atoms with E-state index in [9.17, 15) is 9.59 Å². The molecule has 5 aromatic heterocycles. The standard InChI is InChI=1S/C38H47Br2NO2S4/c1-6-9-11-13-15-16-25(8-3)26(17-14-12-10-7-2)22-41-37(42)27-20-29(33-23(4)18-31(39)46-33)44-35(27)36-28(38(41)43)21-30(45-36)34-24(5)19-32(40)47-34/h18-21,25-26H,6-17,22H2,1-5H3. The lowest BCUT2D eigenvalue weighted by Gasteiger charge is -2.27. The van der Waals surface area contributed by atoms with Crippen molar-refractivity contribution in [1.82, 2.24) is 4.57 Å². The SMILES string of the molecule is CCCCCCCC(CC)C(CCCCCC)Cn1c(=O)c2cc(-c3sc(Br)cc3C)sc2c2sc(-c3sc(Br)cc3C)cc2c1=O. The van der Waals surface area contributed by atoms with E-state index in [0.29, 0.717) is 29.2 Å². The molecule has 0 aliphatic carbocycles. The van der Waals surface area contributed by atoms with E-state index in [0.717, 1.165) is 46.0 Å². The molecule has 5 rings (SSSR count). The zero-order chi connectivity index (χ0) is 33.7. The summed E-state index contributed by atoms with van der Waals surface area (Å²) < 4.78 is 5.69. The highest BCUT2D eigenvalue weighted by Crippen LogP contribution is 2.46. The Kier molecular flexibility index (Phi) is 13.6. The molecule has 0 radical (unpaired) electrons. The van der Waals surface area contributed by atoms with Crippen LogP contribution in [0.25, 0.3) is 39.7 Å². The van der Waals surface area contributed by atoms with Crippen LogP contribution in [0.15, 0.2) is 41.4 Å². The van der Waals surface area contributed by atoms with Crippen molar-refractivity contribution in [3.05, 3.63) is 63.7 Å². The first-order valence-corrected chi connectivity index (χ1v) is 22.2. The van der Waals surface area contributed by atoms with Crippen LogP contribution < -0.4 is 11.1 Å².